The highest BCUT2D eigenvalue weighted by Crippen LogP contribution is 2.57. The molecule has 2 nitrogen and oxygen atoms in total. The number of rotatable bonds is 2. The van der Waals surface area contributed by atoms with Crippen LogP contribution in [0.3, 0.4) is 0 Å². The molecule has 6 rings (SSSR count). The van der Waals surface area contributed by atoms with E-state index in [-0.39, 0.29) is 0 Å². The van der Waals surface area contributed by atoms with Gasteiger partial charge in [0.25, 0.3) is 0 Å². The Morgan fingerprint density at radius 3 is 2.17 bits per heavy atom. The van der Waals surface area contributed by atoms with Gasteiger partial charge in [-0.05, 0) is 62.3 Å². The molecule has 2 aliphatic carbocycles. The van der Waals surface area contributed by atoms with Crippen molar-refractivity contribution in [2.24, 2.45) is 0 Å². The second kappa shape index (κ2) is 6.35. The first-order valence-corrected chi connectivity index (χ1v) is 14.4. The number of hydrogen-bond donors (Lipinski definition) is 0. The zero-order valence-electron chi connectivity index (χ0n) is 17.3. The van der Waals surface area contributed by atoms with Crippen LogP contribution in [0, 0.1) is 0 Å². The molecule has 0 saturated carbocycles. The molecular weight excluding hydrogens is 452 g/mol. The van der Waals surface area contributed by atoms with Crippen LogP contribution in [0.4, 0.5) is 0 Å². The van der Waals surface area contributed by atoms with Crippen LogP contribution < -0.4 is 9.47 Å². The molecule has 0 radical (unpaired) electrons. The molecule has 1 heterocycles. The highest BCUT2D eigenvalue weighted by atomic mass is 79.9. The van der Waals surface area contributed by atoms with Crippen LogP contribution in [-0.2, 0) is 0 Å². The van der Waals surface area contributed by atoms with Gasteiger partial charge in [0.15, 0.2) is 11.5 Å². The van der Waals surface area contributed by atoms with Gasteiger partial charge in [-0.1, -0.05) is 73.3 Å². The second-order valence-electron chi connectivity index (χ2n) is 9.18. The van der Waals surface area contributed by atoms with Gasteiger partial charge in [0, 0.05) is 11.1 Å². The first-order chi connectivity index (χ1) is 14.5. The predicted octanol–water partition coefficient (Wildman–Crippen LogP) is 7.28. The topological polar surface area (TPSA) is 18.5 Å². The highest BCUT2D eigenvalue weighted by Gasteiger charge is 2.48. The fraction of sp³-hybridized carbons (Fsp3) is 0.231. The lowest BCUT2D eigenvalue weighted by molar-refractivity contribution is 0.173. The largest absolute Gasteiger partial charge is 0.454 e. The molecule has 0 N–H and O–H groups in total. The number of hydrogen-bond acceptors (Lipinski definition) is 2. The lowest BCUT2D eigenvalue weighted by Crippen LogP contribution is -2.42. The first kappa shape index (κ1) is 18.5. The molecule has 0 saturated heterocycles. The Bertz CT molecular complexity index is 1200. The zero-order chi connectivity index (χ0) is 20.6. The molecule has 0 bridgehead atoms. The molecule has 1 aliphatic heterocycles. The molecule has 3 aromatic rings. The van der Waals surface area contributed by atoms with Gasteiger partial charge in [-0.3, -0.25) is 0 Å². The third-order valence-corrected chi connectivity index (χ3v) is 12.3. The van der Waals surface area contributed by atoms with Crippen molar-refractivity contribution in [1.82, 2.24) is 0 Å². The van der Waals surface area contributed by atoms with Crippen molar-refractivity contribution in [3.8, 4) is 22.6 Å². The summed E-state index contributed by atoms with van der Waals surface area (Å²) >= 11 is 3.81. The first-order valence-electron chi connectivity index (χ1n) is 10.5. The lowest BCUT2D eigenvalue weighted by atomic mass is 10.1. The van der Waals surface area contributed by atoms with Gasteiger partial charge >= 0.3 is 0 Å². The fourth-order valence-corrected chi connectivity index (χ4v) is 11.5. The molecule has 0 spiro atoms. The van der Waals surface area contributed by atoms with Crippen LogP contribution in [0.5, 0.6) is 11.5 Å². The van der Waals surface area contributed by atoms with Crippen LogP contribution in [0.1, 0.15) is 40.3 Å². The van der Waals surface area contributed by atoms with E-state index in [9.17, 15) is 0 Å². The van der Waals surface area contributed by atoms with E-state index < -0.39 is 8.07 Å². The van der Waals surface area contributed by atoms with E-state index >= 15 is 0 Å². The van der Waals surface area contributed by atoms with Crippen LogP contribution in [0.2, 0.25) is 13.1 Å². The summed E-state index contributed by atoms with van der Waals surface area (Å²) in [5.41, 5.74) is 10.8. The van der Waals surface area contributed by atoms with Crippen molar-refractivity contribution in [2.75, 3.05) is 6.79 Å². The predicted molar refractivity (Wildman–Crippen MR) is 128 cm³/mol. The standard InChI is InChI=1S/C26H23BrO2Si/c1-15-12-20-21(13-22-24(23(20)27)29-14-28-22)25(15)30(2,3)26-18-10-6-4-8-16(18)17-9-5-7-11-19(17)26/h4-13,25-26H,14H2,1-3H3. The van der Waals surface area contributed by atoms with E-state index in [1.807, 2.05) is 0 Å². The SMILES string of the molecule is CC1=Cc2c(cc3c(c2Br)OCO3)C1[Si](C)(C)C1c2ccccc2-c2ccccc21. The van der Waals surface area contributed by atoms with E-state index in [0.29, 0.717) is 17.9 Å². The summed E-state index contributed by atoms with van der Waals surface area (Å²) in [7, 11) is -1.90. The van der Waals surface area contributed by atoms with Crippen molar-refractivity contribution in [2.45, 2.75) is 31.1 Å². The van der Waals surface area contributed by atoms with Crippen molar-refractivity contribution in [3.63, 3.8) is 0 Å². The summed E-state index contributed by atoms with van der Waals surface area (Å²) in [6.07, 6.45) is 2.35. The number of halogens is 1. The van der Waals surface area contributed by atoms with Gasteiger partial charge in [-0.2, -0.15) is 0 Å². The smallest absolute Gasteiger partial charge is 0.231 e. The van der Waals surface area contributed by atoms with Crippen molar-refractivity contribution < 1.29 is 9.47 Å². The summed E-state index contributed by atoms with van der Waals surface area (Å²) < 4.78 is 12.5. The molecule has 0 fully saturated rings. The van der Waals surface area contributed by atoms with Gasteiger partial charge in [-0.25, -0.2) is 0 Å². The van der Waals surface area contributed by atoms with Crippen LogP contribution in [0.15, 0.2) is 64.6 Å². The number of benzene rings is 3. The second-order valence-corrected chi connectivity index (χ2v) is 14.8. The number of ether oxygens (including phenoxy) is 2. The Morgan fingerprint density at radius 2 is 1.50 bits per heavy atom. The van der Waals surface area contributed by atoms with Gasteiger partial charge in [0.05, 0.1) is 12.5 Å². The average Bonchev–Trinajstić information content (AvgIpc) is 3.42. The monoisotopic (exact) mass is 474 g/mol. The van der Waals surface area contributed by atoms with Gasteiger partial charge in [0.2, 0.25) is 6.79 Å². The Morgan fingerprint density at radius 1 is 0.867 bits per heavy atom. The third-order valence-electron chi connectivity index (χ3n) is 7.14. The molecule has 0 amide bonds. The third kappa shape index (κ3) is 2.35. The summed E-state index contributed by atoms with van der Waals surface area (Å²) in [5, 5.41) is 0. The molecular formula is C26H23BrO2Si. The molecule has 0 aromatic heterocycles. The van der Waals surface area contributed by atoms with Crippen LogP contribution in [-0.4, -0.2) is 14.9 Å². The Balaban J connectivity index is 1.55. The van der Waals surface area contributed by atoms with E-state index in [1.165, 1.54) is 39.0 Å². The summed E-state index contributed by atoms with van der Waals surface area (Å²) in [4.78, 5) is 0. The molecule has 1 atom stereocenters. The maximum atomic E-state index is 5.78. The van der Waals surface area contributed by atoms with Crippen LogP contribution in [0.25, 0.3) is 17.2 Å². The quantitative estimate of drug-likeness (QED) is 0.363. The lowest BCUT2D eigenvalue weighted by Gasteiger charge is -2.38. The maximum absolute atomic E-state index is 5.78. The minimum atomic E-state index is -1.90. The van der Waals surface area contributed by atoms with Crippen molar-refractivity contribution in [1.29, 1.82) is 0 Å². The molecule has 1 unspecified atom stereocenters. The van der Waals surface area contributed by atoms with E-state index in [4.69, 9.17) is 9.47 Å². The maximum Gasteiger partial charge on any atom is 0.231 e. The Kier molecular flexibility index (Phi) is 3.91. The van der Waals surface area contributed by atoms with E-state index in [0.717, 1.165) is 16.0 Å². The van der Waals surface area contributed by atoms with Gasteiger partial charge in [-0.15, -0.1) is 0 Å². The van der Waals surface area contributed by atoms with Gasteiger partial charge in [0.1, 0.15) is 0 Å². The zero-order valence-corrected chi connectivity index (χ0v) is 19.9. The molecule has 30 heavy (non-hydrogen) atoms. The van der Waals surface area contributed by atoms with Crippen LogP contribution >= 0.6 is 15.9 Å². The molecule has 4 heteroatoms. The molecule has 150 valence electrons. The molecule has 3 aliphatic rings. The number of fused-ring (bicyclic) bond motifs is 5. The van der Waals surface area contributed by atoms with Gasteiger partial charge < -0.3 is 9.47 Å². The average molecular weight is 475 g/mol. The normalized spacial score (nSPS) is 18.8. The number of allylic oxidation sites excluding steroid dienone is 1. The summed E-state index contributed by atoms with van der Waals surface area (Å²) in [6.45, 7) is 7.72. The van der Waals surface area contributed by atoms with E-state index in [2.05, 4.69) is 96.6 Å². The summed E-state index contributed by atoms with van der Waals surface area (Å²) in [6, 6.07) is 20.2. The van der Waals surface area contributed by atoms with E-state index in [1.54, 1.807) is 0 Å². The minimum absolute atomic E-state index is 0.300. The highest BCUT2D eigenvalue weighted by molar-refractivity contribution is 9.10. The fourth-order valence-electron chi connectivity index (χ4n) is 6.09. The minimum Gasteiger partial charge on any atom is -0.454 e. The molecule has 3 aromatic carbocycles. The Labute approximate surface area is 186 Å². The van der Waals surface area contributed by atoms with Crippen molar-refractivity contribution >= 4 is 30.1 Å². The van der Waals surface area contributed by atoms with Crippen molar-refractivity contribution in [3.05, 3.63) is 86.9 Å². The summed E-state index contributed by atoms with van der Waals surface area (Å²) in [5.74, 6) is 1.71. The Hall–Kier alpha value is -2.30.